The van der Waals surface area contributed by atoms with Gasteiger partial charge in [0, 0.05) is 51.1 Å². The molecule has 2 aliphatic heterocycles. The molecule has 1 aromatic rings. The number of ether oxygens (including phenoxy) is 1. The van der Waals surface area contributed by atoms with Crippen LogP contribution in [0.5, 0.6) is 0 Å². The fourth-order valence-electron chi connectivity index (χ4n) is 3.53. The minimum Gasteiger partial charge on any atom is -0.377 e. The van der Waals surface area contributed by atoms with Crippen LogP contribution in [-0.2, 0) is 23.0 Å². The first-order valence-corrected chi connectivity index (χ1v) is 8.94. The van der Waals surface area contributed by atoms with E-state index in [0.717, 1.165) is 56.5 Å². The molecule has 1 aromatic heterocycles. The molecule has 0 spiro atoms. The van der Waals surface area contributed by atoms with Crippen molar-refractivity contribution < 1.29 is 9.53 Å². The van der Waals surface area contributed by atoms with Crippen molar-refractivity contribution >= 4 is 5.91 Å². The number of carbonyl (C=O) groups excluding carboxylic acids is 1. The number of rotatable bonds is 5. The molecule has 1 atom stereocenters. The molecule has 0 aliphatic carbocycles. The van der Waals surface area contributed by atoms with Crippen molar-refractivity contribution in [3.05, 3.63) is 32.6 Å². The van der Waals surface area contributed by atoms with Crippen LogP contribution in [0.15, 0.2) is 15.8 Å². The van der Waals surface area contributed by atoms with E-state index in [0.29, 0.717) is 11.7 Å². The number of nitrogens with zero attached hydrogens (tertiary/aromatic N) is 2. The molecule has 2 fully saturated rings. The number of amides is 1. The Labute approximate surface area is 146 Å². The molecule has 0 saturated carbocycles. The van der Waals surface area contributed by atoms with Crippen LogP contribution in [0.25, 0.3) is 0 Å². The van der Waals surface area contributed by atoms with E-state index in [1.54, 1.807) is 0 Å². The van der Waals surface area contributed by atoms with Gasteiger partial charge in [0.25, 0.3) is 5.56 Å². The Morgan fingerprint density at radius 3 is 2.76 bits per heavy atom. The normalized spacial score (nSPS) is 22.2. The highest BCUT2D eigenvalue weighted by molar-refractivity contribution is 5.78. The first kappa shape index (κ1) is 17.9. The Morgan fingerprint density at radius 2 is 2.08 bits per heavy atom. The van der Waals surface area contributed by atoms with Crippen LogP contribution in [0.4, 0.5) is 0 Å². The Hall–Kier alpha value is -1.93. The van der Waals surface area contributed by atoms with Crippen molar-refractivity contribution in [2.45, 2.75) is 44.2 Å². The summed E-state index contributed by atoms with van der Waals surface area (Å²) in [7, 11) is 1.40. The number of H-pyrrole nitrogens is 1. The molecule has 0 aromatic carbocycles. The van der Waals surface area contributed by atoms with E-state index in [1.807, 2.05) is 0 Å². The summed E-state index contributed by atoms with van der Waals surface area (Å²) in [5.74, 6) is -0.179. The topological polar surface area (TPSA) is 96.4 Å². The molecule has 0 bridgehead atoms. The van der Waals surface area contributed by atoms with Crippen LogP contribution in [0.1, 0.15) is 31.2 Å². The summed E-state index contributed by atoms with van der Waals surface area (Å²) in [5, 5.41) is 3.01. The summed E-state index contributed by atoms with van der Waals surface area (Å²) in [4.78, 5) is 40.4. The Kier molecular flexibility index (Phi) is 5.70. The number of likely N-dealkylation sites (tertiary alicyclic amines) is 1. The van der Waals surface area contributed by atoms with Crippen molar-refractivity contribution in [2.75, 3.05) is 26.2 Å². The largest absolute Gasteiger partial charge is 0.377 e. The molecule has 25 heavy (non-hydrogen) atoms. The molecule has 0 radical (unpaired) electrons. The number of piperidine rings is 1. The standard InChI is InChI=1S/C17H26N4O4/c1-20-16(23)12(10-18-17(20)24)9-15(22)19-13-4-6-21(7-5-13)11-14-3-2-8-25-14/h10,13-14H,2-9,11H2,1H3,(H,18,24)(H,19,22)/t14-/m0/s1. The van der Waals surface area contributed by atoms with Gasteiger partial charge in [-0.25, -0.2) is 4.79 Å². The highest BCUT2D eigenvalue weighted by Gasteiger charge is 2.24. The van der Waals surface area contributed by atoms with Gasteiger partial charge >= 0.3 is 5.69 Å². The van der Waals surface area contributed by atoms with E-state index in [9.17, 15) is 14.4 Å². The van der Waals surface area contributed by atoms with Gasteiger partial charge < -0.3 is 19.9 Å². The lowest BCUT2D eigenvalue weighted by atomic mass is 10.0. The Morgan fingerprint density at radius 1 is 1.32 bits per heavy atom. The Balaban J connectivity index is 1.45. The van der Waals surface area contributed by atoms with Gasteiger partial charge in [0.2, 0.25) is 5.91 Å². The Bertz CT molecular complexity index is 712. The van der Waals surface area contributed by atoms with Gasteiger partial charge in [0.15, 0.2) is 0 Å². The zero-order valence-electron chi connectivity index (χ0n) is 14.6. The molecule has 3 rings (SSSR count). The number of hydrogen-bond acceptors (Lipinski definition) is 5. The quantitative estimate of drug-likeness (QED) is 0.737. The first-order valence-electron chi connectivity index (χ1n) is 8.94. The minimum absolute atomic E-state index is 0.0143. The van der Waals surface area contributed by atoms with Crippen LogP contribution in [0.2, 0.25) is 0 Å². The van der Waals surface area contributed by atoms with Gasteiger partial charge in [-0.05, 0) is 25.7 Å². The number of aromatic amines is 1. The second kappa shape index (κ2) is 7.97. The molecular formula is C17H26N4O4. The molecule has 138 valence electrons. The predicted molar refractivity (Wildman–Crippen MR) is 92.6 cm³/mol. The third kappa shape index (κ3) is 4.58. The maximum atomic E-state index is 12.2. The average Bonchev–Trinajstić information content (AvgIpc) is 3.10. The summed E-state index contributed by atoms with van der Waals surface area (Å²) in [6.07, 6.45) is 5.78. The molecule has 8 nitrogen and oxygen atoms in total. The number of nitrogens with one attached hydrogen (secondary N) is 2. The maximum absolute atomic E-state index is 12.2. The van der Waals surface area contributed by atoms with Crippen LogP contribution in [0, 0.1) is 0 Å². The van der Waals surface area contributed by atoms with Gasteiger partial charge in [-0.15, -0.1) is 0 Å². The zero-order chi connectivity index (χ0) is 17.8. The van der Waals surface area contributed by atoms with E-state index in [1.165, 1.54) is 13.2 Å². The lowest BCUT2D eigenvalue weighted by Gasteiger charge is -2.33. The lowest BCUT2D eigenvalue weighted by Crippen LogP contribution is -2.47. The molecule has 0 unspecified atom stereocenters. The average molecular weight is 350 g/mol. The van der Waals surface area contributed by atoms with E-state index in [-0.39, 0.29) is 18.4 Å². The first-order chi connectivity index (χ1) is 12.0. The van der Waals surface area contributed by atoms with E-state index < -0.39 is 11.2 Å². The fourth-order valence-corrected chi connectivity index (χ4v) is 3.53. The summed E-state index contributed by atoms with van der Waals surface area (Å²) < 4.78 is 6.65. The third-order valence-corrected chi connectivity index (χ3v) is 5.04. The molecule has 2 aliphatic rings. The van der Waals surface area contributed by atoms with Crippen LogP contribution < -0.4 is 16.6 Å². The van der Waals surface area contributed by atoms with Crippen LogP contribution in [-0.4, -0.2) is 58.7 Å². The van der Waals surface area contributed by atoms with E-state index in [4.69, 9.17) is 4.74 Å². The molecule has 3 heterocycles. The monoisotopic (exact) mass is 350 g/mol. The summed E-state index contributed by atoms with van der Waals surface area (Å²) in [6, 6.07) is 0.139. The molecule has 2 saturated heterocycles. The van der Waals surface area contributed by atoms with Gasteiger partial charge in [0.05, 0.1) is 12.5 Å². The van der Waals surface area contributed by atoms with E-state index in [2.05, 4.69) is 15.2 Å². The van der Waals surface area contributed by atoms with Gasteiger partial charge in [-0.1, -0.05) is 0 Å². The highest BCUT2D eigenvalue weighted by Crippen LogP contribution is 2.17. The molecule has 8 heteroatoms. The smallest absolute Gasteiger partial charge is 0.328 e. The van der Waals surface area contributed by atoms with Crippen LogP contribution >= 0.6 is 0 Å². The molecule has 2 N–H and O–H groups in total. The van der Waals surface area contributed by atoms with E-state index >= 15 is 0 Å². The fraction of sp³-hybridized carbons (Fsp3) is 0.706. The van der Waals surface area contributed by atoms with Crippen molar-refractivity contribution in [2.24, 2.45) is 7.05 Å². The molecular weight excluding hydrogens is 324 g/mol. The summed E-state index contributed by atoms with van der Waals surface area (Å²) >= 11 is 0. The van der Waals surface area contributed by atoms with Gasteiger partial charge in [-0.2, -0.15) is 0 Å². The highest BCUT2D eigenvalue weighted by atomic mass is 16.5. The SMILES string of the molecule is Cn1c(=O)[nH]cc(CC(=O)NC2CCN(C[C@@H]3CCCO3)CC2)c1=O. The molecule has 1 amide bonds. The van der Waals surface area contributed by atoms with Crippen molar-refractivity contribution in [1.29, 1.82) is 0 Å². The summed E-state index contributed by atoms with van der Waals surface area (Å²) in [6.45, 7) is 3.76. The van der Waals surface area contributed by atoms with Crippen molar-refractivity contribution in [3.8, 4) is 0 Å². The maximum Gasteiger partial charge on any atom is 0.328 e. The van der Waals surface area contributed by atoms with Crippen molar-refractivity contribution in [1.82, 2.24) is 19.8 Å². The van der Waals surface area contributed by atoms with Gasteiger partial charge in [-0.3, -0.25) is 14.2 Å². The number of aromatic nitrogens is 2. The van der Waals surface area contributed by atoms with Gasteiger partial charge in [0.1, 0.15) is 0 Å². The lowest BCUT2D eigenvalue weighted by molar-refractivity contribution is -0.121. The minimum atomic E-state index is -0.479. The number of hydrogen-bond donors (Lipinski definition) is 2. The van der Waals surface area contributed by atoms with Crippen LogP contribution in [0.3, 0.4) is 0 Å². The third-order valence-electron chi connectivity index (χ3n) is 5.04. The summed E-state index contributed by atoms with van der Waals surface area (Å²) in [5.41, 5.74) is -0.603. The zero-order valence-corrected chi connectivity index (χ0v) is 14.6. The predicted octanol–water partition coefficient (Wildman–Crippen LogP) is -0.624. The second-order valence-corrected chi connectivity index (χ2v) is 6.94. The number of carbonyl (C=O) groups is 1. The second-order valence-electron chi connectivity index (χ2n) is 6.94. The van der Waals surface area contributed by atoms with Crippen molar-refractivity contribution in [3.63, 3.8) is 0 Å².